The van der Waals surface area contributed by atoms with E-state index in [-0.39, 0.29) is 0 Å². The average Bonchev–Trinajstić information content (AvgIpc) is 3.06. The molecular formula is C10H17N3O3. The Balaban J connectivity index is 2.58. The lowest BCUT2D eigenvalue weighted by atomic mass is 10.4. The number of amides is 5. The van der Waals surface area contributed by atoms with Crippen LogP contribution in [0.2, 0.25) is 0 Å². The van der Waals surface area contributed by atoms with Crippen LogP contribution in [0, 0.1) is 5.92 Å². The number of rotatable bonds is 3. The van der Waals surface area contributed by atoms with Gasteiger partial charge >= 0.3 is 12.1 Å². The number of urea groups is 2. The number of carbonyl (C=O) groups is 3. The molecule has 0 bridgehead atoms. The summed E-state index contributed by atoms with van der Waals surface area (Å²) in [6.45, 7) is 0.410. The number of imide groups is 2. The van der Waals surface area contributed by atoms with Crippen LogP contribution in [0.3, 0.4) is 0 Å². The summed E-state index contributed by atoms with van der Waals surface area (Å²) >= 11 is 0. The molecule has 1 saturated carbocycles. The van der Waals surface area contributed by atoms with Gasteiger partial charge in [0.2, 0.25) is 6.41 Å². The van der Waals surface area contributed by atoms with E-state index in [2.05, 4.69) is 0 Å². The van der Waals surface area contributed by atoms with Gasteiger partial charge in [0.15, 0.2) is 0 Å². The predicted octanol–water partition coefficient (Wildman–Crippen LogP) is 0.588. The van der Waals surface area contributed by atoms with Crippen LogP contribution in [0.5, 0.6) is 0 Å². The van der Waals surface area contributed by atoms with Crippen LogP contribution in [-0.4, -0.2) is 60.9 Å². The third kappa shape index (κ3) is 2.95. The molecule has 6 nitrogen and oxygen atoms in total. The average molecular weight is 227 g/mol. The summed E-state index contributed by atoms with van der Waals surface area (Å²) in [5.41, 5.74) is 0. The highest BCUT2D eigenvalue weighted by Gasteiger charge is 2.30. The van der Waals surface area contributed by atoms with Gasteiger partial charge in [-0.25, -0.2) is 14.5 Å². The van der Waals surface area contributed by atoms with Crippen LogP contribution in [0.15, 0.2) is 0 Å². The van der Waals surface area contributed by atoms with E-state index in [4.69, 9.17) is 0 Å². The Morgan fingerprint density at radius 2 is 1.75 bits per heavy atom. The second-order valence-corrected chi connectivity index (χ2v) is 4.22. The van der Waals surface area contributed by atoms with Crippen molar-refractivity contribution in [3.8, 4) is 0 Å². The van der Waals surface area contributed by atoms with E-state index in [0.29, 0.717) is 18.9 Å². The minimum absolute atomic E-state index is 0.410. The summed E-state index contributed by atoms with van der Waals surface area (Å²) < 4.78 is 0. The first kappa shape index (κ1) is 12.5. The summed E-state index contributed by atoms with van der Waals surface area (Å²) in [6.07, 6.45) is 2.58. The molecule has 0 aliphatic heterocycles. The van der Waals surface area contributed by atoms with Crippen molar-refractivity contribution in [3.05, 3.63) is 0 Å². The van der Waals surface area contributed by atoms with Gasteiger partial charge in [-0.05, 0) is 18.8 Å². The SMILES string of the molecule is CN(C)C(=O)N(C)C(=O)N(C=O)CC1CC1. The van der Waals surface area contributed by atoms with Gasteiger partial charge in [-0.3, -0.25) is 9.69 Å². The molecule has 0 saturated heterocycles. The molecule has 0 radical (unpaired) electrons. The van der Waals surface area contributed by atoms with Gasteiger partial charge in [0.25, 0.3) is 0 Å². The highest BCUT2D eigenvalue weighted by Crippen LogP contribution is 2.29. The maximum Gasteiger partial charge on any atom is 0.334 e. The molecule has 0 spiro atoms. The molecular weight excluding hydrogens is 210 g/mol. The second kappa shape index (κ2) is 4.96. The highest BCUT2D eigenvalue weighted by molar-refractivity contribution is 5.96. The fourth-order valence-corrected chi connectivity index (χ4v) is 1.32. The zero-order chi connectivity index (χ0) is 12.3. The quantitative estimate of drug-likeness (QED) is 0.663. The maximum atomic E-state index is 11.8. The summed E-state index contributed by atoms with van der Waals surface area (Å²) in [6, 6.07) is -1.01. The van der Waals surface area contributed by atoms with Gasteiger partial charge in [0.1, 0.15) is 0 Å². The molecule has 0 atom stereocenters. The number of hydrogen-bond acceptors (Lipinski definition) is 3. The van der Waals surface area contributed by atoms with Crippen molar-refractivity contribution in [2.45, 2.75) is 12.8 Å². The summed E-state index contributed by atoms with van der Waals surface area (Å²) in [7, 11) is 4.48. The largest absolute Gasteiger partial charge is 0.334 e. The number of nitrogens with zero attached hydrogens (tertiary/aromatic N) is 3. The standard InChI is InChI=1S/C10H17N3O3/c1-11(2)9(15)12(3)10(16)13(7-14)6-8-4-5-8/h7-8H,4-6H2,1-3H3. The van der Waals surface area contributed by atoms with E-state index >= 15 is 0 Å². The molecule has 6 heteroatoms. The fraction of sp³-hybridized carbons (Fsp3) is 0.700. The molecule has 90 valence electrons. The highest BCUT2D eigenvalue weighted by atomic mass is 16.2. The Morgan fingerprint density at radius 1 is 1.19 bits per heavy atom. The number of hydrogen-bond donors (Lipinski definition) is 0. The van der Waals surface area contributed by atoms with Crippen molar-refractivity contribution >= 4 is 18.5 Å². The predicted molar refractivity (Wildman–Crippen MR) is 57.7 cm³/mol. The molecule has 0 heterocycles. The third-order valence-electron chi connectivity index (χ3n) is 2.48. The summed E-state index contributed by atoms with van der Waals surface area (Å²) in [5, 5.41) is 0. The van der Waals surface area contributed by atoms with Crippen molar-refractivity contribution in [2.75, 3.05) is 27.7 Å². The lowest BCUT2D eigenvalue weighted by Gasteiger charge is -2.24. The molecule has 5 amide bonds. The Labute approximate surface area is 94.8 Å². The van der Waals surface area contributed by atoms with E-state index in [1.807, 2.05) is 0 Å². The Bertz CT molecular complexity index is 296. The van der Waals surface area contributed by atoms with Crippen molar-refractivity contribution < 1.29 is 14.4 Å². The van der Waals surface area contributed by atoms with Crippen LogP contribution >= 0.6 is 0 Å². The summed E-state index contributed by atoms with van der Waals surface area (Å²) in [4.78, 5) is 37.3. The monoisotopic (exact) mass is 227 g/mol. The van der Waals surface area contributed by atoms with Gasteiger partial charge < -0.3 is 4.90 Å². The normalized spacial score (nSPS) is 14.2. The molecule has 1 rings (SSSR count). The first-order valence-electron chi connectivity index (χ1n) is 5.18. The minimum atomic E-state index is -0.569. The van der Waals surface area contributed by atoms with Gasteiger partial charge in [-0.15, -0.1) is 0 Å². The Kier molecular flexibility index (Phi) is 3.87. The van der Waals surface area contributed by atoms with Crippen LogP contribution in [0.1, 0.15) is 12.8 Å². The van der Waals surface area contributed by atoms with E-state index < -0.39 is 12.1 Å². The van der Waals surface area contributed by atoms with E-state index in [0.717, 1.165) is 22.6 Å². The van der Waals surface area contributed by atoms with Crippen molar-refractivity contribution in [1.29, 1.82) is 0 Å². The van der Waals surface area contributed by atoms with Gasteiger partial charge in [-0.2, -0.15) is 0 Å². The van der Waals surface area contributed by atoms with Crippen molar-refractivity contribution in [3.63, 3.8) is 0 Å². The molecule has 1 aliphatic carbocycles. The first-order chi connectivity index (χ1) is 7.47. The zero-order valence-corrected chi connectivity index (χ0v) is 9.84. The van der Waals surface area contributed by atoms with E-state index in [9.17, 15) is 14.4 Å². The fourth-order valence-electron chi connectivity index (χ4n) is 1.32. The van der Waals surface area contributed by atoms with Crippen LogP contribution in [0.4, 0.5) is 9.59 Å². The van der Waals surface area contributed by atoms with E-state index in [1.54, 1.807) is 14.1 Å². The third-order valence-corrected chi connectivity index (χ3v) is 2.48. The molecule has 0 aromatic carbocycles. The minimum Gasteiger partial charge on any atom is -0.330 e. The lowest BCUT2D eigenvalue weighted by molar-refractivity contribution is -0.116. The van der Waals surface area contributed by atoms with E-state index in [1.165, 1.54) is 11.9 Å². The molecule has 1 aliphatic rings. The van der Waals surface area contributed by atoms with Crippen LogP contribution in [0.25, 0.3) is 0 Å². The van der Waals surface area contributed by atoms with Crippen LogP contribution in [-0.2, 0) is 4.79 Å². The first-order valence-corrected chi connectivity index (χ1v) is 5.18. The molecule has 0 unspecified atom stereocenters. The lowest BCUT2D eigenvalue weighted by Crippen LogP contribution is -2.47. The number of carbonyl (C=O) groups excluding carboxylic acids is 3. The van der Waals surface area contributed by atoms with Gasteiger partial charge in [0, 0.05) is 27.7 Å². The maximum absolute atomic E-state index is 11.8. The zero-order valence-electron chi connectivity index (χ0n) is 9.84. The molecule has 16 heavy (non-hydrogen) atoms. The molecule has 1 fully saturated rings. The Hall–Kier alpha value is -1.59. The smallest absolute Gasteiger partial charge is 0.330 e. The van der Waals surface area contributed by atoms with Crippen molar-refractivity contribution in [1.82, 2.24) is 14.7 Å². The van der Waals surface area contributed by atoms with Crippen LogP contribution < -0.4 is 0 Å². The second-order valence-electron chi connectivity index (χ2n) is 4.22. The van der Waals surface area contributed by atoms with Gasteiger partial charge in [-0.1, -0.05) is 0 Å². The van der Waals surface area contributed by atoms with Gasteiger partial charge in [0.05, 0.1) is 0 Å². The van der Waals surface area contributed by atoms with Crippen molar-refractivity contribution in [2.24, 2.45) is 5.92 Å². The molecule has 0 N–H and O–H groups in total. The molecule has 0 aromatic heterocycles. The molecule has 0 aromatic rings. The summed E-state index contributed by atoms with van der Waals surface area (Å²) in [5.74, 6) is 0.414. The topological polar surface area (TPSA) is 60.9 Å². The Morgan fingerprint density at radius 3 is 2.12 bits per heavy atom.